The summed E-state index contributed by atoms with van der Waals surface area (Å²) in [5.41, 5.74) is 1.05. The Kier molecular flexibility index (Phi) is 5.87. The minimum atomic E-state index is -1.24. The van der Waals surface area contributed by atoms with Crippen LogP contribution in [0.5, 0.6) is 5.88 Å². The lowest BCUT2D eigenvalue weighted by Crippen LogP contribution is -2.40. The maximum Gasteiger partial charge on any atom is 0.254 e. The molecule has 0 aliphatic carbocycles. The summed E-state index contributed by atoms with van der Waals surface area (Å²) in [6.45, 7) is 9.84. The topological polar surface area (TPSA) is 70.3 Å². The number of aromatic nitrogens is 1. The molecule has 1 heterocycles. The lowest BCUT2D eigenvalue weighted by atomic mass is 10.2. The van der Waals surface area contributed by atoms with Crippen molar-refractivity contribution in [2.24, 2.45) is 0 Å². The second-order valence-electron chi connectivity index (χ2n) is 6.05. The van der Waals surface area contributed by atoms with Gasteiger partial charge in [-0.1, -0.05) is 36.4 Å². The van der Waals surface area contributed by atoms with Crippen LogP contribution < -0.4 is 9.46 Å². The van der Waals surface area contributed by atoms with Gasteiger partial charge in [0.25, 0.3) is 5.88 Å². The fourth-order valence-electron chi connectivity index (χ4n) is 1.73. The molecule has 0 spiro atoms. The molecule has 2 rings (SSSR count). The fraction of sp³-hybridized carbons (Fsp3) is 0.353. The van der Waals surface area contributed by atoms with Crippen LogP contribution in [0.4, 0.5) is 0 Å². The van der Waals surface area contributed by atoms with E-state index in [1.807, 2.05) is 51.1 Å². The summed E-state index contributed by atoms with van der Waals surface area (Å²) in [6, 6.07) is 11.1. The van der Waals surface area contributed by atoms with Crippen molar-refractivity contribution in [1.82, 2.24) is 9.88 Å². The molecule has 2 atom stereocenters. The Morgan fingerprint density at radius 3 is 2.70 bits per heavy atom. The summed E-state index contributed by atoms with van der Waals surface area (Å²) < 4.78 is 25.7. The van der Waals surface area contributed by atoms with E-state index in [0.29, 0.717) is 18.2 Å². The van der Waals surface area contributed by atoms with Crippen LogP contribution >= 0.6 is 0 Å². The van der Waals surface area contributed by atoms with Crippen molar-refractivity contribution in [3.63, 3.8) is 0 Å². The molecular formula is C17H22N2O3S. The number of benzene rings is 1. The van der Waals surface area contributed by atoms with Crippen LogP contribution in [0.25, 0.3) is 0 Å². The third-order valence-electron chi connectivity index (χ3n) is 3.07. The monoisotopic (exact) mass is 334 g/mol. The third-order valence-corrected chi connectivity index (χ3v) is 4.65. The molecule has 6 heteroatoms. The predicted molar refractivity (Wildman–Crippen MR) is 91.2 cm³/mol. The normalized spacial score (nSPS) is 14.3. The summed E-state index contributed by atoms with van der Waals surface area (Å²) in [5, 5.41) is 3.89. The van der Waals surface area contributed by atoms with E-state index in [1.54, 1.807) is 12.1 Å². The van der Waals surface area contributed by atoms with E-state index in [4.69, 9.17) is 9.26 Å². The first kappa shape index (κ1) is 17.6. The molecule has 0 saturated carbocycles. The average Bonchev–Trinajstić information content (AvgIpc) is 2.99. The number of ether oxygens (including phenoxy) is 1. The zero-order chi connectivity index (χ0) is 16.9. The smallest absolute Gasteiger partial charge is 0.254 e. The van der Waals surface area contributed by atoms with E-state index < -0.39 is 17.4 Å². The molecular weight excluding hydrogens is 312 g/mol. The zero-order valence-corrected chi connectivity index (χ0v) is 14.4. The molecule has 1 N–H and O–H groups in total. The molecule has 23 heavy (non-hydrogen) atoms. The van der Waals surface area contributed by atoms with Crippen LogP contribution in [0.2, 0.25) is 0 Å². The summed E-state index contributed by atoms with van der Waals surface area (Å²) in [6.07, 6.45) is 1.63. The van der Waals surface area contributed by atoms with E-state index in [0.717, 1.165) is 5.56 Å². The van der Waals surface area contributed by atoms with E-state index in [1.165, 1.54) is 0 Å². The molecule has 1 unspecified atom stereocenters. The van der Waals surface area contributed by atoms with Crippen molar-refractivity contribution in [2.75, 3.05) is 0 Å². The molecule has 0 bridgehead atoms. The van der Waals surface area contributed by atoms with Gasteiger partial charge in [0.2, 0.25) is 0 Å². The fourth-order valence-corrected chi connectivity index (χ4v) is 2.53. The van der Waals surface area contributed by atoms with Gasteiger partial charge in [-0.3, -0.25) is 0 Å². The van der Waals surface area contributed by atoms with E-state index in [2.05, 4.69) is 16.5 Å². The Hall–Kier alpha value is -1.76. The molecule has 0 fully saturated rings. The van der Waals surface area contributed by atoms with Crippen molar-refractivity contribution >= 4 is 11.4 Å². The standard InChI is InChI=1S/C17H22N2O3S/c1-5-14(19-23(20)17(2,3)4)15-11-16(18-22-15)21-12-13-9-7-6-8-10-13/h5-11,14,19H,1,12H2,2-4H3/t14-,23?/m0/s1. The van der Waals surface area contributed by atoms with Crippen molar-refractivity contribution in [2.45, 2.75) is 38.2 Å². The van der Waals surface area contributed by atoms with Crippen molar-refractivity contribution in [1.29, 1.82) is 0 Å². The van der Waals surface area contributed by atoms with Gasteiger partial charge in [0, 0.05) is 17.4 Å². The molecule has 0 aliphatic heterocycles. The second kappa shape index (κ2) is 7.68. The van der Waals surface area contributed by atoms with Crippen LogP contribution in [0.3, 0.4) is 0 Å². The Morgan fingerprint density at radius 1 is 1.39 bits per heavy atom. The molecule has 0 aliphatic rings. The Balaban J connectivity index is 1.98. The highest BCUT2D eigenvalue weighted by Crippen LogP contribution is 2.23. The quantitative estimate of drug-likeness (QED) is 0.619. The van der Waals surface area contributed by atoms with Gasteiger partial charge < -0.3 is 13.8 Å². The highest BCUT2D eigenvalue weighted by molar-refractivity contribution is 7.90. The number of hydrogen-bond donors (Lipinski definition) is 1. The van der Waals surface area contributed by atoms with Gasteiger partial charge in [0.05, 0.1) is 0 Å². The molecule has 1 aromatic heterocycles. The van der Waals surface area contributed by atoms with E-state index in [-0.39, 0.29) is 4.75 Å². The SMILES string of the molecule is C=C[C@H](N[S+]([O-])C(C)(C)C)c1cc(OCc2ccccc2)no1. The first-order valence-corrected chi connectivity index (χ1v) is 8.49. The van der Waals surface area contributed by atoms with Crippen molar-refractivity contribution < 1.29 is 13.8 Å². The van der Waals surface area contributed by atoms with Crippen LogP contribution in [-0.2, 0) is 18.0 Å². The summed E-state index contributed by atoms with van der Waals surface area (Å²) >= 11 is -1.24. The second-order valence-corrected chi connectivity index (χ2v) is 8.05. The van der Waals surface area contributed by atoms with Crippen LogP contribution in [0.1, 0.15) is 38.1 Å². The van der Waals surface area contributed by atoms with Gasteiger partial charge in [-0.05, 0) is 31.5 Å². The summed E-state index contributed by atoms with van der Waals surface area (Å²) in [4.78, 5) is 0. The summed E-state index contributed by atoms with van der Waals surface area (Å²) in [5.74, 6) is 0.903. The Morgan fingerprint density at radius 2 is 2.09 bits per heavy atom. The van der Waals surface area contributed by atoms with Crippen molar-refractivity contribution in [3.8, 4) is 5.88 Å². The maximum atomic E-state index is 12.2. The maximum absolute atomic E-state index is 12.2. The van der Waals surface area contributed by atoms with Gasteiger partial charge >= 0.3 is 0 Å². The highest BCUT2D eigenvalue weighted by atomic mass is 32.2. The molecule has 124 valence electrons. The van der Waals surface area contributed by atoms with Gasteiger partial charge in [0.15, 0.2) is 5.76 Å². The lowest BCUT2D eigenvalue weighted by molar-refractivity contribution is 0.264. The first-order valence-electron chi connectivity index (χ1n) is 7.34. The molecule has 0 radical (unpaired) electrons. The Bertz CT molecular complexity index is 622. The van der Waals surface area contributed by atoms with E-state index in [9.17, 15) is 4.55 Å². The average molecular weight is 334 g/mol. The Labute approximate surface area is 140 Å². The molecule has 2 aromatic rings. The number of rotatable bonds is 7. The van der Waals surface area contributed by atoms with Crippen LogP contribution in [0.15, 0.2) is 53.6 Å². The van der Waals surface area contributed by atoms with Gasteiger partial charge in [-0.2, -0.15) is 0 Å². The minimum Gasteiger partial charge on any atom is -0.598 e. The van der Waals surface area contributed by atoms with Gasteiger partial charge in [0.1, 0.15) is 17.4 Å². The molecule has 0 amide bonds. The minimum absolute atomic E-state index is 0.381. The number of nitrogens with zero attached hydrogens (tertiary/aromatic N) is 1. The van der Waals surface area contributed by atoms with Crippen LogP contribution in [0, 0.1) is 0 Å². The molecule has 5 nitrogen and oxygen atoms in total. The predicted octanol–water partition coefficient (Wildman–Crippen LogP) is 3.53. The van der Waals surface area contributed by atoms with Crippen molar-refractivity contribution in [3.05, 3.63) is 60.4 Å². The molecule has 1 aromatic carbocycles. The largest absolute Gasteiger partial charge is 0.598 e. The van der Waals surface area contributed by atoms with E-state index >= 15 is 0 Å². The lowest BCUT2D eigenvalue weighted by Gasteiger charge is -2.25. The van der Waals surface area contributed by atoms with Crippen LogP contribution in [-0.4, -0.2) is 14.5 Å². The highest BCUT2D eigenvalue weighted by Gasteiger charge is 2.30. The molecule has 0 saturated heterocycles. The first-order chi connectivity index (χ1) is 10.9. The zero-order valence-electron chi connectivity index (χ0n) is 13.6. The number of hydrogen-bond acceptors (Lipinski definition) is 5. The third kappa shape index (κ3) is 5.13. The number of nitrogens with one attached hydrogen (secondary N) is 1. The van der Waals surface area contributed by atoms with Gasteiger partial charge in [-0.25, -0.2) is 0 Å². The van der Waals surface area contributed by atoms with Gasteiger partial charge in [-0.15, -0.1) is 11.3 Å². The summed E-state index contributed by atoms with van der Waals surface area (Å²) in [7, 11) is 0.